The maximum atomic E-state index is 14.1. The lowest BCUT2D eigenvalue weighted by Crippen LogP contribution is -2.38. The molecule has 2 aromatic carbocycles. The average Bonchev–Trinajstić information content (AvgIpc) is 2.66. The van der Waals surface area contributed by atoms with Gasteiger partial charge in [0.1, 0.15) is 11.6 Å². The fourth-order valence-electron chi connectivity index (χ4n) is 3.44. The number of halogens is 3. The van der Waals surface area contributed by atoms with E-state index in [0.29, 0.717) is 10.6 Å². The molecule has 0 N–H and O–H groups in total. The number of rotatable bonds is 4. The number of benzene rings is 2. The first-order valence-electron chi connectivity index (χ1n) is 8.62. The molecule has 1 heterocycles. The Bertz CT molecular complexity index is 954. The molecule has 3 rings (SSSR count). The number of hydrogen-bond acceptors (Lipinski definition) is 3. The zero-order chi connectivity index (χ0) is 20.4. The monoisotopic (exact) mass is 405 g/mol. The average molecular weight is 406 g/mol. The Hall–Kier alpha value is -2.73. The molecule has 0 aliphatic carbocycles. The number of esters is 1. The minimum Gasteiger partial charge on any atom is -0.466 e. The molecule has 28 heavy (non-hydrogen) atoms. The van der Waals surface area contributed by atoms with Gasteiger partial charge in [-0.3, -0.25) is 4.79 Å². The summed E-state index contributed by atoms with van der Waals surface area (Å²) in [5, 5.41) is 0.420. The summed E-state index contributed by atoms with van der Waals surface area (Å²) >= 11 is 6.28. The highest BCUT2D eigenvalue weighted by atomic mass is 35.5. The molecule has 0 bridgehead atoms. The van der Waals surface area contributed by atoms with Crippen LogP contribution < -0.4 is 0 Å². The zero-order valence-electron chi connectivity index (χ0n) is 15.3. The Morgan fingerprint density at radius 2 is 1.82 bits per heavy atom. The predicted octanol–water partition coefficient (Wildman–Crippen LogP) is 4.58. The highest BCUT2D eigenvalue weighted by Gasteiger charge is 2.38. The largest absolute Gasteiger partial charge is 0.466 e. The second kappa shape index (κ2) is 8.10. The molecule has 0 spiro atoms. The lowest BCUT2D eigenvalue weighted by Gasteiger charge is -2.34. The molecule has 7 heteroatoms. The van der Waals surface area contributed by atoms with E-state index in [-0.39, 0.29) is 35.7 Å². The van der Waals surface area contributed by atoms with Crippen molar-refractivity contribution in [3.05, 3.63) is 81.5 Å². The zero-order valence-corrected chi connectivity index (χ0v) is 16.1. The van der Waals surface area contributed by atoms with Crippen LogP contribution in [-0.2, 0) is 20.9 Å². The Balaban J connectivity index is 2.09. The van der Waals surface area contributed by atoms with Crippen LogP contribution in [0.2, 0.25) is 5.02 Å². The molecule has 0 saturated carbocycles. The molecule has 0 unspecified atom stereocenters. The minimum atomic E-state index is -0.756. The van der Waals surface area contributed by atoms with Crippen molar-refractivity contribution < 1.29 is 23.1 Å². The van der Waals surface area contributed by atoms with Gasteiger partial charge in [-0.1, -0.05) is 35.9 Å². The standard InChI is InChI=1S/C21H18ClF2NO3/c1-12-20(21(27)28-2)14(13-6-3-4-7-16(13)22)10-19(26)25(12)11-15-17(23)8-5-9-18(15)24/h3-9,14H,10-11H2,1-2H3/t14-/m1/s1. The van der Waals surface area contributed by atoms with Gasteiger partial charge in [-0.15, -0.1) is 0 Å². The predicted molar refractivity (Wildman–Crippen MR) is 100 cm³/mol. The van der Waals surface area contributed by atoms with E-state index >= 15 is 0 Å². The fraction of sp³-hybridized carbons (Fsp3) is 0.238. The van der Waals surface area contributed by atoms with E-state index in [9.17, 15) is 18.4 Å². The molecule has 1 aliphatic heterocycles. The summed E-state index contributed by atoms with van der Waals surface area (Å²) in [4.78, 5) is 26.5. The van der Waals surface area contributed by atoms with Crippen molar-refractivity contribution in [2.75, 3.05) is 7.11 Å². The number of methoxy groups -OCH3 is 1. The third-order valence-electron chi connectivity index (χ3n) is 4.89. The molecule has 4 nitrogen and oxygen atoms in total. The van der Waals surface area contributed by atoms with Gasteiger partial charge < -0.3 is 9.64 Å². The Morgan fingerprint density at radius 1 is 1.18 bits per heavy atom. The summed E-state index contributed by atoms with van der Waals surface area (Å²) in [6.07, 6.45) is -0.0679. The first-order valence-corrected chi connectivity index (χ1v) is 8.99. The lowest BCUT2D eigenvalue weighted by molar-refractivity contribution is -0.138. The third kappa shape index (κ3) is 3.64. The Morgan fingerprint density at radius 3 is 2.43 bits per heavy atom. The lowest BCUT2D eigenvalue weighted by atomic mass is 9.83. The van der Waals surface area contributed by atoms with Crippen molar-refractivity contribution >= 4 is 23.5 Å². The Labute approximate surface area is 166 Å². The van der Waals surface area contributed by atoms with Gasteiger partial charge in [-0.05, 0) is 30.7 Å². The molecule has 0 saturated heterocycles. The highest BCUT2D eigenvalue weighted by Crippen LogP contribution is 2.40. The van der Waals surface area contributed by atoms with Gasteiger partial charge in [0.2, 0.25) is 5.91 Å². The molecule has 146 valence electrons. The van der Waals surface area contributed by atoms with Crippen LogP contribution in [0.4, 0.5) is 8.78 Å². The van der Waals surface area contributed by atoms with E-state index in [2.05, 4.69) is 0 Å². The second-order valence-electron chi connectivity index (χ2n) is 6.45. The van der Waals surface area contributed by atoms with Crippen LogP contribution in [-0.4, -0.2) is 23.9 Å². The summed E-state index contributed by atoms with van der Waals surface area (Å²) < 4.78 is 33.1. The van der Waals surface area contributed by atoms with Crippen LogP contribution in [0.5, 0.6) is 0 Å². The maximum Gasteiger partial charge on any atom is 0.336 e. The Kier molecular flexibility index (Phi) is 5.79. The smallest absolute Gasteiger partial charge is 0.336 e. The van der Waals surface area contributed by atoms with Crippen LogP contribution in [0.1, 0.15) is 30.4 Å². The van der Waals surface area contributed by atoms with Crippen molar-refractivity contribution in [2.24, 2.45) is 0 Å². The van der Waals surface area contributed by atoms with Crippen LogP contribution in [0, 0.1) is 11.6 Å². The van der Waals surface area contributed by atoms with E-state index in [0.717, 1.165) is 12.1 Å². The summed E-state index contributed by atoms with van der Waals surface area (Å²) in [7, 11) is 1.24. The second-order valence-corrected chi connectivity index (χ2v) is 6.86. The normalized spacial score (nSPS) is 17.1. The summed E-state index contributed by atoms with van der Waals surface area (Å²) in [5.74, 6) is -3.09. The molecule has 1 atom stereocenters. The van der Waals surface area contributed by atoms with Crippen molar-refractivity contribution in [3.8, 4) is 0 Å². The number of hydrogen-bond donors (Lipinski definition) is 0. The molecule has 0 fully saturated rings. The number of amides is 1. The molecule has 0 aromatic heterocycles. The van der Waals surface area contributed by atoms with E-state index in [4.69, 9.17) is 16.3 Å². The van der Waals surface area contributed by atoms with Gasteiger partial charge in [0.05, 0.1) is 19.2 Å². The molecule has 1 amide bonds. The van der Waals surface area contributed by atoms with Crippen LogP contribution >= 0.6 is 11.6 Å². The summed E-state index contributed by atoms with van der Waals surface area (Å²) in [6, 6.07) is 10.4. The van der Waals surface area contributed by atoms with E-state index < -0.39 is 23.5 Å². The first-order chi connectivity index (χ1) is 13.3. The SMILES string of the molecule is COC(=O)C1=C(C)N(Cc2c(F)cccc2F)C(=O)C[C@@H]1c1ccccc1Cl. The van der Waals surface area contributed by atoms with Crippen LogP contribution in [0.25, 0.3) is 0 Å². The minimum absolute atomic E-state index is 0.0679. The van der Waals surface area contributed by atoms with E-state index in [1.54, 1.807) is 31.2 Å². The van der Waals surface area contributed by atoms with Gasteiger partial charge in [-0.2, -0.15) is 0 Å². The van der Waals surface area contributed by atoms with Crippen molar-refractivity contribution in [1.82, 2.24) is 4.90 Å². The molecule has 0 radical (unpaired) electrons. The van der Waals surface area contributed by atoms with Crippen LogP contribution in [0.3, 0.4) is 0 Å². The fourth-order valence-corrected chi connectivity index (χ4v) is 3.71. The summed E-state index contributed by atoms with van der Waals surface area (Å²) in [5.41, 5.74) is 0.909. The number of allylic oxidation sites excluding steroid dienone is 1. The summed E-state index contributed by atoms with van der Waals surface area (Å²) in [6.45, 7) is 1.24. The number of ether oxygens (including phenoxy) is 1. The van der Waals surface area contributed by atoms with Gasteiger partial charge in [0, 0.05) is 28.6 Å². The molecule has 2 aromatic rings. The third-order valence-corrected chi connectivity index (χ3v) is 5.23. The number of carbonyl (C=O) groups is 2. The number of carbonyl (C=O) groups excluding carboxylic acids is 2. The topological polar surface area (TPSA) is 46.6 Å². The molecule has 1 aliphatic rings. The quantitative estimate of drug-likeness (QED) is 0.699. The van der Waals surface area contributed by atoms with Gasteiger partial charge in [-0.25, -0.2) is 13.6 Å². The van der Waals surface area contributed by atoms with Gasteiger partial charge >= 0.3 is 5.97 Å². The van der Waals surface area contributed by atoms with Crippen LogP contribution in [0.15, 0.2) is 53.7 Å². The van der Waals surface area contributed by atoms with E-state index in [1.807, 2.05) is 0 Å². The molecular weight excluding hydrogens is 388 g/mol. The van der Waals surface area contributed by atoms with Crippen molar-refractivity contribution in [3.63, 3.8) is 0 Å². The van der Waals surface area contributed by atoms with Crippen molar-refractivity contribution in [1.29, 1.82) is 0 Å². The van der Waals surface area contributed by atoms with Crippen molar-refractivity contribution in [2.45, 2.75) is 25.8 Å². The number of nitrogens with zero attached hydrogens (tertiary/aromatic N) is 1. The molecular formula is C21H18ClF2NO3. The highest BCUT2D eigenvalue weighted by molar-refractivity contribution is 6.31. The van der Waals surface area contributed by atoms with Gasteiger partial charge in [0.15, 0.2) is 0 Å². The maximum absolute atomic E-state index is 14.1. The first kappa shape index (κ1) is 20.0. The van der Waals surface area contributed by atoms with Gasteiger partial charge in [0.25, 0.3) is 0 Å². The van der Waals surface area contributed by atoms with E-state index in [1.165, 1.54) is 18.1 Å².